The Morgan fingerprint density at radius 2 is 1.95 bits per heavy atom. The molecule has 216 valence electrons. The zero-order chi connectivity index (χ0) is 29.2. The zero-order valence-corrected chi connectivity index (χ0v) is 27.4. The number of amides is 1. The van der Waals surface area contributed by atoms with Crippen LogP contribution >= 0.6 is 57.8 Å². The van der Waals surface area contributed by atoms with Crippen LogP contribution in [-0.2, 0) is 31.5 Å². The second-order valence-electron chi connectivity index (χ2n) is 9.00. The van der Waals surface area contributed by atoms with E-state index in [1.54, 1.807) is 34.9 Å². The lowest BCUT2D eigenvalue weighted by Gasteiger charge is -2.20. The van der Waals surface area contributed by atoms with Crippen LogP contribution in [0.5, 0.6) is 0 Å². The Morgan fingerprint density at radius 1 is 1.20 bits per heavy atom. The van der Waals surface area contributed by atoms with Gasteiger partial charge in [0, 0.05) is 28.6 Å². The molecule has 16 heteroatoms. The SMILES string of the molecule is CSc1cc2c(s1)sc(C=C(C)C=C1Sc3ccc(Cl)cc3N1CCCCS(=O)(=O)O)[n+]2CC(=O)NS(C)(=O)=O. The van der Waals surface area contributed by atoms with Crippen LogP contribution in [0.4, 0.5) is 5.69 Å². The molecule has 0 spiro atoms. The van der Waals surface area contributed by atoms with E-state index in [9.17, 15) is 21.6 Å². The van der Waals surface area contributed by atoms with Crippen molar-refractivity contribution in [2.75, 3.05) is 29.7 Å². The number of halogens is 1. The second-order valence-corrected chi connectivity index (χ2v) is 17.3. The average Bonchev–Trinajstić information content (AvgIpc) is 3.47. The molecule has 3 aromatic rings. The fourth-order valence-electron chi connectivity index (χ4n) is 4.03. The van der Waals surface area contributed by atoms with Gasteiger partial charge in [-0.15, -0.1) is 23.1 Å². The van der Waals surface area contributed by atoms with Gasteiger partial charge in [0.1, 0.15) is 0 Å². The molecule has 0 saturated carbocycles. The van der Waals surface area contributed by atoms with Gasteiger partial charge in [0.15, 0.2) is 4.01 Å². The number of carbonyl (C=O) groups is 1. The van der Waals surface area contributed by atoms with Crippen LogP contribution in [0.15, 0.2) is 50.0 Å². The topological polar surface area (TPSA) is 125 Å². The third-order valence-electron chi connectivity index (χ3n) is 5.64. The van der Waals surface area contributed by atoms with Crippen LogP contribution in [-0.4, -0.2) is 52.1 Å². The van der Waals surface area contributed by atoms with E-state index in [1.807, 2.05) is 58.9 Å². The lowest BCUT2D eigenvalue weighted by atomic mass is 10.2. The number of hydrogen-bond acceptors (Lipinski definition) is 10. The molecule has 1 aromatic carbocycles. The van der Waals surface area contributed by atoms with E-state index in [-0.39, 0.29) is 12.3 Å². The van der Waals surface area contributed by atoms with Gasteiger partial charge >= 0.3 is 0 Å². The summed E-state index contributed by atoms with van der Waals surface area (Å²) in [5.74, 6) is -0.917. The number of thioether (sulfide) groups is 2. The number of thiazole rings is 1. The number of allylic oxidation sites excluding steroid dienone is 2. The minimum atomic E-state index is -4.02. The highest BCUT2D eigenvalue weighted by Crippen LogP contribution is 2.47. The molecule has 2 N–H and O–H groups in total. The number of carbonyl (C=O) groups excluding carboxylic acids is 1. The van der Waals surface area contributed by atoms with E-state index in [2.05, 4.69) is 4.90 Å². The Morgan fingerprint density at radius 3 is 2.62 bits per heavy atom. The Balaban J connectivity index is 1.65. The summed E-state index contributed by atoms with van der Waals surface area (Å²) in [5, 5.41) is 2.32. The third-order valence-corrected chi connectivity index (χ3v) is 11.8. The van der Waals surface area contributed by atoms with E-state index >= 15 is 0 Å². The van der Waals surface area contributed by atoms with Crippen molar-refractivity contribution in [3.63, 3.8) is 0 Å². The molecule has 0 fully saturated rings. The smallest absolute Gasteiger partial charge is 0.299 e. The number of unbranched alkanes of at least 4 members (excludes halogenated alkanes) is 1. The van der Waals surface area contributed by atoms with Gasteiger partial charge in [0.2, 0.25) is 22.1 Å². The number of nitrogens with one attached hydrogen (secondary N) is 1. The van der Waals surface area contributed by atoms with Gasteiger partial charge in [-0.3, -0.25) is 9.35 Å². The normalized spacial score (nSPS) is 15.3. The Kier molecular flexibility index (Phi) is 9.98. The second kappa shape index (κ2) is 12.7. The maximum absolute atomic E-state index is 12.5. The lowest BCUT2D eigenvalue weighted by Crippen LogP contribution is -2.45. The van der Waals surface area contributed by atoms with Gasteiger partial charge in [-0.2, -0.15) is 13.0 Å². The molecule has 3 heterocycles. The fraction of sp³-hybridized carbons (Fsp3) is 0.333. The van der Waals surface area contributed by atoms with Gasteiger partial charge < -0.3 is 4.90 Å². The monoisotopic (exact) mass is 680 g/mol. The van der Waals surface area contributed by atoms with Crippen molar-refractivity contribution in [3.8, 4) is 0 Å². The van der Waals surface area contributed by atoms with Crippen molar-refractivity contribution in [3.05, 3.63) is 51.0 Å². The van der Waals surface area contributed by atoms with Crippen LogP contribution < -0.4 is 14.2 Å². The first-order chi connectivity index (χ1) is 18.7. The minimum Gasteiger partial charge on any atom is -0.335 e. The first-order valence-corrected chi connectivity index (χ1v) is 19.4. The number of sulfonamides is 1. The van der Waals surface area contributed by atoms with E-state index in [4.69, 9.17) is 16.2 Å². The summed E-state index contributed by atoms with van der Waals surface area (Å²) in [4.78, 5) is 15.6. The van der Waals surface area contributed by atoms with Crippen molar-refractivity contribution >= 4 is 105 Å². The van der Waals surface area contributed by atoms with Crippen molar-refractivity contribution in [2.45, 2.75) is 35.4 Å². The summed E-state index contributed by atoms with van der Waals surface area (Å²) in [5.41, 5.74) is 2.70. The number of hydrogen-bond donors (Lipinski definition) is 2. The number of thiophene rings is 1. The first kappa shape index (κ1) is 31.3. The summed E-state index contributed by atoms with van der Waals surface area (Å²) in [7, 11) is -7.71. The third kappa shape index (κ3) is 8.25. The van der Waals surface area contributed by atoms with Gasteiger partial charge in [0.25, 0.3) is 21.0 Å². The standard InChI is InChI=1S/C24H26ClN3O6S6/c1-15(10-21-27(8-4-5-9-40(32,33)34)17-12-16(25)6-7-19(17)36-21)11-22-28(14-20(29)26-39(3,30)31)18-13-23(35-2)38-24(18)37-22/h6-7,10-13H,4-5,8-9,14H2,1-3H3,(H-,26,29,32,33,34)/p+1. The minimum absolute atomic E-state index is 0.147. The fourth-order valence-corrected chi connectivity index (χ4v) is 9.69. The molecule has 4 rings (SSSR count). The predicted octanol–water partition coefficient (Wildman–Crippen LogP) is 5.23. The molecule has 0 saturated heterocycles. The van der Waals surface area contributed by atoms with Crippen LogP contribution in [0.3, 0.4) is 0 Å². The van der Waals surface area contributed by atoms with Crippen molar-refractivity contribution in [1.29, 1.82) is 0 Å². The van der Waals surface area contributed by atoms with Gasteiger partial charge in [0.05, 0.1) is 26.9 Å². The number of nitrogens with zero attached hydrogens (tertiary/aromatic N) is 2. The largest absolute Gasteiger partial charge is 0.335 e. The average molecular weight is 681 g/mol. The summed E-state index contributed by atoms with van der Waals surface area (Å²) in [6, 6.07) is 7.64. The van der Waals surface area contributed by atoms with E-state index in [0.29, 0.717) is 24.4 Å². The molecule has 2 aromatic heterocycles. The summed E-state index contributed by atoms with van der Waals surface area (Å²) < 4.78 is 60.6. The molecular formula is C24H27ClN3O6S6+. The molecule has 0 radical (unpaired) electrons. The maximum Gasteiger partial charge on any atom is 0.299 e. The maximum atomic E-state index is 12.5. The zero-order valence-electron chi connectivity index (χ0n) is 21.7. The van der Waals surface area contributed by atoms with Crippen LogP contribution in [0.25, 0.3) is 15.6 Å². The number of aromatic nitrogens is 1. The summed E-state index contributed by atoms with van der Waals surface area (Å²) in [6.45, 7) is 2.33. The van der Waals surface area contributed by atoms with E-state index in [0.717, 1.165) is 46.2 Å². The van der Waals surface area contributed by atoms with Crippen LogP contribution in [0.2, 0.25) is 5.02 Å². The Labute approximate surface area is 255 Å². The number of anilines is 1. The Hall–Kier alpha value is -1.59. The molecule has 9 nitrogen and oxygen atoms in total. The quantitative estimate of drug-likeness (QED) is 0.121. The van der Waals surface area contributed by atoms with Crippen molar-refractivity contribution in [1.82, 2.24) is 4.72 Å². The van der Waals surface area contributed by atoms with E-state index < -0.39 is 26.0 Å². The van der Waals surface area contributed by atoms with Gasteiger partial charge in [-0.1, -0.05) is 34.7 Å². The molecule has 0 unspecified atom stereocenters. The summed E-state index contributed by atoms with van der Waals surface area (Å²) >= 11 is 12.6. The van der Waals surface area contributed by atoms with Crippen LogP contribution in [0.1, 0.15) is 24.8 Å². The molecule has 0 bridgehead atoms. The molecule has 1 aliphatic heterocycles. The highest BCUT2D eigenvalue weighted by atomic mass is 35.5. The molecule has 0 aliphatic carbocycles. The summed E-state index contributed by atoms with van der Waals surface area (Å²) in [6.07, 6.45) is 7.77. The molecule has 1 aliphatic rings. The number of fused-ring (bicyclic) bond motifs is 2. The number of benzene rings is 1. The molecule has 0 atom stereocenters. The van der Waals surface area contributed by atoms with Crippen molar-refractivity contribution < 1.29 is 30.7 Å². The van der Waals surface area contributed by atoms with Crippen molar-refractivity contribution in [2.24, 2.45) is 0 Å². The number of rotatable bonds is 11. The first-order valence-electron chi connectivity index (χ1n) is 11.8. The molecule has 1 amide bonds. The highest BCUT2D eigenvalue weighted by Gasteiger charge is 2.27. The predicted molar refractivity (Wildman–Crippen MR) is 167 cm³/mol. The highest BCUT2D eigenvalue weighted by molar-refractivity contribution is 8.03. The molecule has 40 heavy (non-hydrogen) atoms. The van der Waals surface area contributed by atoms with Gasteiger partial charge in [-0.25, -0.2) is 13.1 Å². The molecular weight excluding hydrogens is 654 g/mol. The lowest BCUT2D eigenvalue weighted by molar-refractivity contribution is -0.655. The van der Waals surface area contributed by atoms with Crippen LogP contribution in [0, 0.1) is 0 Å². The van der Waals surface area contributed by atoms with E-state index in [1.165, 1.54) is 11.3 Å². The van der Waals surface area contributed by atoms with Gasteiger partial charge in [-0.05, 0) is 55.9 Å². The Bertz CT molecular complexity index is 1730.